The fourth-order valence-electron chi connectivity index (χ4n) is 2.61. The lowest BCUT2D eigenvalue weighted by atomic mass is 10.0. The number of nitrogens with zero attached hydrogens (tertiary/aromatic N) is 1. The van der Waals surface area contributed by atoms with E-state index < -0.39 is 0 Å². The van der Waals surface area contributed by atoms with Crippen molar-refractivity contribution < 1.29 is 9.53 Å². The Labute approximate surface area is 150 Å². The van der Waals surface area contributed by atoms with Gasteiger partial charge in [-0.2, -0.15) is 0 Å². The average molecular weight is 340 g/mol. The zero-order valence-corrected chi connectivity index (χ0v) is 15.6. The second kappa shape index (κ2) is 9.11. The first-order valence-corrected chi connectivity index (χ1v) is 8.86. The smallest absolute Gasteiger partial charge is 0.321 e. The number of nitrogens with one attached hydrogen (secondary N) is 1. The van der Waals surface area contributed by atoms with Crippen LogP contribution in [0.15, 0.2) is 48.5 Å². The first-order valence-electron chi connectivity index (χ1n) is 8.86. The normalized spacial score (nSPS) is 10.6. The van der Waals surface area contributed by atoms with Gasteiger partial charge in [-0.3, -0.25) is 4.90 Å². The van der Waals surface area contributed by atoms with E-state index in [1.807, 2.05) is 50.2 Å². The van der Waals surface area contributed by atoms with Gasteiger partial charge in [-0.25, -0.2) is 4.79 Å². The number of ether oxygens (including phenoxy) is 1. The van der Waals surface area contributed by atoms with E-state index >= 15 is 0 Å². The van der Waals surface area contributed by atoms with Crippen molar-refractivity contribution in [1.29, 1.82) is 0 Å². The van der Waals surface area contributed by atoms with Crippen LogP contribution < -0.4 is 15.0 Å². The van der Waals surface area contributed by atoms with Crippen LogP contribution in [-0.4, -0.2) is 25.7 Å². The summed E-state index contributed by atoms with van der Waals surface area (Å²) in [5, 5.41) is 2.91. The van der Waals surface area contributed by atoms with Gasteiger partial charge in [0.05, 0.1) is 6.54 Å². The molecule has 4 nitrogen and oxygen atoms in total. The quantitative estimate of drug-likeness (QED) is 0.740. The lowest BCUT2D eigenvalue weighted by Gasteiger charge is -2.22. The van der Waals surface area contributed by atoms with Crippen LogP contribution >= 0.6 is 0 Å². The highest BCUT2D eigenvalue weighted by atomic mass is 16.5. The van der Waals surface area contributed by atoms with E-state index in [4.69, 9.17) is 4.74 Å². The molecule has 0 aromatic heterocycles. The first-order chi connectivity index (χ1) is 12.0. The van der Waals surface area contributed by atoms with E-state index in [9.17, 15) is 4.79 Å². The lowest BCUT2D eigenvalue weighted by molar-refractivity contribution is 0.242. The number of amides is 2. The Bertz CT molecular complexity index is 681. The van der Waals surface area contributed by atoms with Crippen LogP contribution in [0, 0.1) is 6.92 Å². The number of carbonyl (C=O) groups is 1. The summed E-state index contributed by atoms with van der Waals surface area (Å²) in [6.45, 7) is 9.85. The summed E-state index contributed by atoms with van der Waals surface area (Å²) in [5.74, 6) is 1.33. The molecule has 1 N–H and O–H groups in total. The van der Waals surface area contributed by atoms with Crippen molar-refractivity contribution in [3.05, 3.63) is 59.7 Å². The Kier molecular flexibility index (Phi) is 6.87. The third kappa shape index (κ3) is 5.52. The van der Waals surface area contributed by atoms with Gasteiger partial charge in [-0.1, -0.05) is 38.1 Å². The second-order valence-corrected chi connectivity index (χ2v) is 6.39. The van der Waals surface area contributed by atoms with Gasteiger partial charge in [0.2, 0.25) is 0 Å². The average Bonchev–Trinajstić information content (AvgIpc) is 2.60. The van der Waals surface area contributed by atoms with E-state index in [2.05, 4.69) is 31.3 Å². The molecule has 2 aromatic carbocycles. The number of carbonyl (C=O) groups excluding carboxylic acids is 1. The van der Waals surface area contributed by atoms with Crippen molar-refractivity contribution in [2.75, 3.05) is 24.6 Å². The zero-order valence-electron chi connectivity index (χ0n) is 15.6. The largest absolute Gasteiger partial charge is 0.492 e. The highest BCUT2D eigenvalue weighted by Crippen LogP contribution is 2.18. The highest BCUT2D eigenvalue weighted by molar-refractivity contribution is 5.91. The molecule has 0 radical (unpaired) electrons. The molecule has 2 rings (SSSR count). The fraction of sp³-hybridized carbons (Fsp3) is 0.381. The van der Waals surface area contributed by atoms with Crippen LogP contribution in [0.4, 0.5) is 10.5 Å². The molecule has 25 heavy (non-hydrogen) atoms. The van der Waals surface area contributed by atoms with Gasteiger partial charge in [0.1, 0.15) is 12.4 Å². The highest BCUT2D eigenvalue weighted by Gasteiger charge is 2.13. The summed E-state index contributed by atoms with van der Waals surface area (Å²) in [7, 11) is 0. The number of urea groups is 1. The van der Waals surface area contributed by atoms with E-state index in [1.54, 1.807) is 4.90 Å². The van der Waals surface area contributed by atoms with Gasteiger partial charge in [-0.15, -0.1) is 0 Å². The summed E-state index contributed by atoms with van der Waals surface area (Å²) in [6.07, 6.45) is 0. The molecule has 0 aliphatic carbocycles. The van der Waals surface area contributed by atoms with Crippen LogP contribution in [-0.2, 0) is 0 Å². The Morgan fingerprint density at radius 2 is 1.88 bits per heavy atom. The molecular formula is C21H28N2O2. The lowest BCUT2D eigenvalue weighted by Crippen LogP contribution is -2.41. The van der Waals surface area contributed by atoms with Crippen molar-refractivity contribution in [3.63, 3.8) is 0 Å². The minimum Gasteiger partial charge on any atom is -0.492 e. The predicted molar refractivity (Wildman–Crippen MR) is 104 cm³/mol. The van der Waals surface area contributed by atoms with Crippen LogP contribution in [0.2, 0.25) is 0 Å². The molecule has 0 heterocycles. The summed E-state index contributed by atoms with van der Waals surface area (Å²) in [4.78, 5) is 14.1. The molecule has 4 heteroatoms. The van der Waals surface area contributed by atoms with Crippen LogP contribution in [0.3, 0.4) is 0 Å². The molecule has 0 aliphatic rings. The zero-order chi connectivity index (χ0) is 18.2. The van der Waals surface area contributed by atoms with Crippen molar-refractivity contribution in [2.45, 2.75) is 33.6 Å². The molecule has 0 spiro atoms. The third-order valence-electron chi connectivity index (χ3n) is 4.07. The Morgan fingerprint density at radius 3 is 2.48 bits per heavy atom. The number of aryl methyl sites for hydroxylation is 1. The number of rotatable bonds is 7. The Balaban J connectivity index is 1.81. The Morgan fingerprint density at radius 1 is 1.16 bits per heavy atom. The molecular weight excluding hydrogens is 312 g/mol. The van der Waals surface area contributed by atoms with Crippen molar-refractivity contribution in [2.24, 2.45) is 0 Å². The van der Waals surface area contributed by atoms with Gasteiger partial charge in [-0.05, 0) is 55.2 Å². The fourth-order valence-corrected chi connectivity index (χ4v) is 2.61. The van der Waals surface area contributed by atoms with Gasteiger partial charge in [0.25, 0.3) is 0 Å². The van der Waals surface area contributed by atoms with Gasteiger partial charge in [0, 0.05) is 12.2 Å². The molecule has 0 atom stereocenters. The van der Waals surface area contributed by atoms with Gasteiger partial charge < -0.3 is 10.1 Å². The summed E-state index contributed by atoms with van der Waals surface area (Å²) in [5.41, 5.74) is 3.33. The molecule has 134 valence electrons. The van der Waals surface area contributed by atoms with Crippen LogP contribution in [0.25, 0.3) is 0 Å². The standard InChI is InChI=1S/C21H28N2O2/c1-5-23(19-8-6-7-17(4)15-19)21(24)22-13-14-25-20-11-9-18(10-12-20)16(2)3/h6-12,15-16H,5,13-14H2,1-4H3,(H,22,24). The predicted octanol–water partition coefficient (Wildman–Crippen LogP) is 4.73. The van der Waals surface area contributed by atoms with Gasteiger partial charge >= 0.3 is 6.03 Å². The number of hydrogen-bond acceptors (Lipinski definition) is 2. The molecule has 2 amide bonds. The molecule has 0 unspecified atom stereocenters. The van der Waals surface area contributed by atoms with Crippen LogP contribution in [0.1, 0.15) is 37.8 Å². The Hall–Kier alpha value is -2.49. The number of hydrogen-bond donors (Lipinski definition) is 1. The topological polar surface area (TPSA) is 41.6 Å². The third-order valence-corrected chi connectivity index (χ3v) is 4.07. The molecule has 0 aliphatic heterocycles. The molecule has 0 bridgehead atoms. The monoisotopic (exact) mass is 340 g/mol. The minimum atomic E-state index is -0.105. The maximum absolute atomic E-state index is 12.4. The van der Waals surface area contributed by atoms with E-state index in [0.717, 1.165) is 17.0 Å². The van der Waals surface area contributed by atoms with Crippen molar-refractivity contribution >= 4 is 11.7 Å². The van der Waals surface area contributed by atoms with E-state index in [0.29, 0.717) is 25.6 Å². The number of anilines is 1. The first kappa shape index (κ1) is 18.8. The molecule has 0 fully saturated rings. The summed E-state index contributed by atoms with van der Waals surface area (Å²) in [6, 6.07) is 15.9. The van der Waals surface area contributed by atoms with Crippen molar-refractivity contribution in [1.82, 2.24) is 5.32 Å². The molecule has 0 saturated carbocycles. The second-order valence-electron chi connectivity index (χ2n) is 6.39. The molecule has 0 saturated heterocycles. The van der Waals surface area contributed by atoms with E-state index in [-0.39, 0.29) is 6.03 Å². The number of benzene rings is 2. The minimum absolute atomic E-state index is 0.105. The van der Waals surface area contributed by atoms with E-state index in [1.165, 1.54) is 5.56 Å². The maximum Gasteiger partial charge on any atom is 0.321 e. The van der Waals surface area contributed by atoms with Gasteiger partial charge in [0.15, 0.2) is 0 Å². The maximum atomic E-state index is 12.4. The van der Waals surface area contributed by atoms with Crippen LogP contribution in [0.5, 0.6) is 5.75 Å². The molecule has 2 aromatic rings. The van der Waals surface area contributed by atoms with Crippen molar-refractivity contribution in [3.8, 4) is 5.75 Å². The summed E-state index contributed by atoms with van der Waals surface area (Å²) >= 11 is 0. The SMILES string of the molecule is CCN(C(=O)NCCOc1ccc(C(C)C)cc1)c1cccc(C)c1. The summed E-state index contributed by atoms with van der Waals surface area (Å²) < 4.78 is 5.70.